The number of aromatic nitrogens is 3. The van der Waals surface area contributed by atoms with E-state index in [9.17, 15) is 23.2 Å². The first-order chi connectivity index (χ1) is 16.4. The van der Waals surface area contributed by atoms with E-state index in [-0.39, 0.29) is 27.9 Å². The minimum Gasteiger partial charge on any atom is -0.353 e. The molecule has 1 aliphatic carbocycles. The zero-order valence-electron chi connectivity index (χ0n) is 18.1. The van der Waals surface area contributed by atoms with Gasteiger partial charge in [-0.1, -0.05) is 11.3 Å². The molecule has 1 aliphatic heterocycles. The van der Waals surface area contributed by atoms with Crippen LogP contribution in [0.5, 0.6) is 0 Å². The number of carbonyl (C=O) groups is 2. The lowest BCUT2D eigenvalue weighted by Gasteiger charge is -2.31. The molecule has 9 nitrogen and oxygen atoms in total. The molecular formula is C22H22F2N6O3S. The van der Waals surface area contributed by atoms with Gasteiger partial charge in [0.1, 0.15) is 29.2 Å². The fourth-order valence-electron chi connectivity index (χ4n) is 3.93. The van der Waals surface area contributed by atoms with Crippen molar-refractivity contribution < 1.29 is 18.4 Å². The molecule has 1 saturated heterocycles. The first-order valence-corrected chi connectivity index (χ1v) is 11.9. The monoisotopic (exact) mass is 488 g/mol. The summed E-state index contributed by atoms with van der Waals surface area (Å²) < 4.78 is 28.5. The van der Waals surface area contributed by atoms with Crippen LogP contribution in [-0.2, 0) is 16.1 Å². The number of rotatable bonds is 6. The Balaban J connectivity index is 1.31. The predicted molar refractivity (Wildman–Crippen MR) is 123 cm³/mol. The second-order valence-electron chi connectivity index (χ2n) is 8.57. The number of piperidine rings is 1. The van der Waals surface area contributed by atoms with Gasteiger partial charge in [-0.15, -0.1) is 0 Å². The molecule has 178 valence electrons. The highest BCUT2D eigenvalue weighted by atomic mass is 32.1. The molecule has 0 unspecified atom stereocenters. The van der Waals surface area contributed by atoms with Crippen LogP contribution in [0.2, 0.25) is 0 Å². The van der Waals surface area contributed by atoms with Gasteiger partial charge in [-0.3, -0.25) is 19.0 Å². The summed E-state index contributed by atoms with van der Waals surface area (Å²) in [7, 11) is 0. The first kappa shape index (κ1) is 22.4. The molecule has 0 radical (unpaired) electrons. The number of carbonyl (C=O) groups excluding carboxylic acids is 2. The summed E-state index contributed by atoms with van der Waals surface area (Å²) in [5.74, 6) is -2.24. The molecule has 1 atom stereocenters. The van der Waals surface area contributed by atoms with E-state index in [1.807, 2.05) is 4.90 Å². The number of nitrogens with one attached hydrogen (secondary N) is 2. The van der Waals surface area contributed by atoms with Gasteiger partial charge in [-0.05, 0) is 37.8 Å². The minimum atomic E-state index is -0.784. The van der Waals surface area contributed by atoms with Crippen LogP contribution in [0.1, 0.15) is 25.7 Å². The standard InChI is InChI=1S/C22H22F2N6O3S/c23-13-3-6-15(24)16(8-13)27-17(31)10-30-11-25-19-18(21(30)33)34-22(28-19)29-7-1-2-12(9-29)20(32)26-14-4-5-14/h3,6,8,11-12,14H,1-2,4-5,7,9-10H2,(H,26,32)(H,27,31)/t12-/m1/s1. The van der Waals surface area contributed by atoms with Crippen molar-refractivity contribution >= 4 is 44.3 Å². The Morgan fingerprint density at radius 2 is 2.03 bits per heavy atom. The Bertz CT molecular complexity index is 1320. The maximum atomic E-state index is 13.8. The number of halogens is 2. The van der Waals surface area contributed by atoms with Crippen molar-refractivity contribution in [2.45, 2.75) is 38.3 Å². The van der Waals surface area contributed by atoms with Crippen LogP contribution in [0.4, 0.5) is 19.6 Å². The van der Waals surface area contributed by atoms with E-state index in [4.69, 9.17) is 0 Å². The van der Waals surface area contributed by atoms with Crippen LogP contribution in [0.3, 0.4) is 0 Å². The molecule has 3 aromatic rings. The number of nitrogens with zero attached hydrogens (tertiary/aromatic N) is 4. The summed E-state index contributed by atoms with van der Waals surface area (Å²) in [6, 6.07) is 3.02. The Morgan fingerprint density at radius 1 is 1.21 bits per heavy atom. The maximum absolute atomic E-state index is 13.8. The fraction of sp³-hybridized carbons (Fsp3) is 0.409. The zero-order valence-corrected chi connectivity index (χ0v) is 18.9. The van der Waals surface area contributed by atoms with Crippen molar-refractivity contribution in [3.8, 4) is 0 Å². The molecule has 2 aromatic heterocycles. The van der Waals surface area contributed by atoms with Crippen LogP contribution in [0, 0.1) is 17.6 Å². The third kappa shape index (κ3) is 4.76. The van der Waals surface area contributed by atoms with Crippen LogP contribution < -0.4 is 21.1 Å². The van der Waals surface area contributed by atoms with Crippen molar-refractivity contribution in [2.75, 3.05) is 23.3 Å². The van der Waals surface area contributed by atoms with Gasteiger partial charge < -0.3 is 15.5 Å². The molecule has 12 heteroatoms. The third-order valence-electron chi connectivity index (χ3n) is 5.88. The second-order valence-corrected chi connectivity index (χ2v) is 9.54. The fourth-order valence-corrected chi connectivity index (χ4v) is 4.94. The van der Waals surface area contributed by atoms with Gasteiger partial charge in [-0.2, -0.15) is 4.98 Å². The largest absolute Gasteiger partial charge is 0.353 e. The molecule has 2 fully saturated rings. The molecule has 1 saturated carbocycles. The Kier molecular flexibility index (Phi) is 5.98. The van der Waals surface area contributed by atoms with E-state index >= 15 is 0 Å². The summed E-state index contributed by atoms with van der Waals surface area (Å²) in [6.45, 7) is 0.828. The quantitative estimate of drug-likeness (QED) is 0.551. The second kappa shape index (κ2) is 9.09. The average Bonchev–Trinajstić information content (AvgIpc) is 3.52. The molecule has 3 heterocycles. The summed E-state index contributed by atoms with van der Waals surface area (Å²) in [6.07, 6.45) is 4.93. The van der Waals surface area contributed by atoms with E-state index in [1.54, 1.807) is 0 Å². The van der Waals surface area contributed by atoms with Gasteiger partial charge in [0.2, 0.25) is 11.8 Å². The molecule has 1 aromatic carbocycles. The van der Waals surface area contributed by atoms with Crippen LogP contribution in [0.25, 0.3) is 10.3 Å². The van der Waals surface area contributed by atoms with Gasteiger partial charge in [-0.25, -0.2) is 13.8 Å². The lowest BCUT2D eigenvalue weighted by molar-refractivity contribution is -0.125. The molecular weight excluding hydrogens is 466 g/mol. The summed E-state index contributed by atoms with van der Waals surface area (Å²) in [5.41, 5.74) is -0.497. The van der Waals surface area contributed by atoms with E-state index in [0.29, 0.717) is 17.7 Å². The number of benzene rings is 1. The highest BCUT2D eigenvalue weighted by molar-refractivity contribution is 7.22. The summed E-state index contributed by atoms with van der Waals surface area (Å²) in [4.78, 5) is 48.4. The van der Waals surface area contributed by atoms with Gasteiger partial charge in [0.25, 0.3) is 5.56 Å². The molecule has 0 spiro atoms. The van der Waals surface area contributed by atoms with Crippen molar-refractivity contribution in [1.29, 1.82) is 0 Å². The van der Waals surface area contributed by atoms with Crippen molar-refractivity contribution in [3.63, 3.8) is 0 Å². The highest BCUT2D eigenvalue weighted by Gasteiger charge is 2.31. The molecule has 0 bridgehead atoms. The van der Waals surface area contributed by atoms with Crippen LogP contribution in [-0.4, -0.2) is 45.5 Å². The molecule has 2 N–H and O–H groups in total. The summed E-state index contributed by atoms with van der Waals surface area (Å²) in [5, 5.41) is 5.92. The normalized spacial score (nSPS) is 18.2. The number of anilines is 2. The molecule has 2 amide bonds. The van der Waals surface area contributed by atoms with Crippen molar-refractivity contribution in [2.24, 2.45) is 5.92 Å². The highest BCUT2D eigenvalue weighted by Crippen LogP contribution is 2.30. The van der Waals surface area contributed by atoms with Gasteiger partial charge in [0.05, 0.1) is 11.6 Å². The molecule has 2 aliphatic rings. The van der Waals surface area contributed by atoms with Crippen molar-refractivity contribution in [1.82, 2.24) is 19.9 Å². The number of hydrogen-bond acceptors (Lipinski definition) is 7. The van der Waals surface area contributed by atoms with E-state index in [0.717, 1.165) is 55.0 Å². The van der Waals surface area contributed by atoms with Gasteiger partial charge >= 0.3 is 0 Å². The Morgan fingerprint density at radius 3 is 2.82 bits per heavy atom. The lowest BCUT2D eigenvalue weighted by Crippen LogP contribution is -2.43. The number of fused-ring (bicyclic) bond motifs is 1. The van der Waals surface area contributed by atoms with E-state index in [2.05, 4.69) is 20.6 Å². The topological polar surface area (TPSA) is 109 Å². The summed E-state index contributed by atoms with van der Waals surface area (Å²) >= 11 is 1.17. The van der Waals surface area contributed by atoms with Crippen LogP contribution >= 0.6 is 11.3 Å². The first-order valence-electron chi connectivity index (χ1n) is 11.0. The van der Waals surface area contributed by atoms with E-state index in [1.165, 1.54) is 17.7 Å². The van der Waals surface area contributed by atoms with E-state index < -0.39 is 29.6 Å². The van der Waals surface area contributed by atoms with Gasteiger partial charge in [0.15, 0.2) is 10.8 Å². The molecule has 5 rings (SSSR count). The zero-order chi connectivity index (χ0) is 23.8. The van der Waals surface area contributed by atoms with Crippen LogP contribution in [0.15, 0.2) is 29.3 Å². The minimum absolute atomic E-state index is 0.0644. The average molecular weight is 489 g/mol. The maximum Gasteiger partial charge on any atom is 0.273 e. The molecule has 34 heavy (non-hydrogen) atoms. The third-order valence-corrected chi connectivity index (χ3v) is 6.97. The lowest BCUT2D eigenvalue weighted by atomic mass is 9.97. The van der Waals surface area contributed by atoms with Crippen molar-refractivity contribution in [3.05, 3.63) is 46.5 Å². The smallest absolute Gasteiger partial charge is 0.273 e. The number of amides is 2. The predicted octanol–water partition coefficient (Wildman–Crippen LogP) is 2.26. The Hall–Kier alpha value is -3.41. The number of hydrogen-bond donors (Lipinski definition) is 2. The van der Waals surface area contributed by atoms with Gasteiger partial charge in [0, 0.05) is 25.2 Å². The number of thiazole rings is 1. The SMILES string of the molecule is O=C(Cn1cnc2nc(N3CCC[C@@H](C(=O)NC4CC4)C3)sc2c1=O)Nc1cc(F)ccc1F. The Labute approximate surface area is 196 Å².